The Morgan fingerprint density at radius 3 is 2.76 bits per heavy atom. The zero-order valence-corrected chi connectivity index (χ0v) is 15.3. The molecule has 1 spiro atoms. The van der Waals surface area contributed by atoms with Crippen molar-refractivity contribution in [1.29, 1.82) is 0 Å². The van der Waals surface area contributed by atoms with Crippen molar-refractivity contribution in [2.75, 3.05) is 7.11 Å². The largest absolute Gasteiger partial charge is 0.469 e. The minimum atomic E-state index is -0.741. The van der Waals surface area contributed by atoms with Crippen LogP contribution in [0.2, 0.25) is 0 Å². The summed E-state index contributed by atoms with van der Waals surface area (Å²) in [5.74, 6) is -0.366. The van der Waals surface area contributed by atoms with E-state index in [0.29, 0.717) is 6.42 Å². The van der Waals surface area contributed by atoms with Gasteiger partial charge in [0, 0.05) is 11.8 Å². The molecule has 138 valence electrons. The van der Waals surface area contributed by atoms with Crippen molar-refractivity contribution >= 4 is 11.9 Å². The highest BCUT2D eigenvalue weighted by Crippen LogP contribution is 2.78. The summed E-state index contributed by atoms with van der Waals surface area (Å²) in [5, 5.41) is 11.0. The molecule has 25 heavy (non-hydrogen) atoms. The molecule has 4 bridgehead atoms. The first-order valence-corrected chi connectivity index (χ1v) is 9.75. The lowest BCUT2D eigenvalue weighted by molar-refractivity contribution is -0.161. The molecule has 0 aromatic rings. The predicted molar refractivity (Wildman–Crippen MR) is 88.3 cm³/mol. The summed E-state index contributed by atoms with van der Waals surface area (Å²) in [7, 11) is 1.45. The first kappa shape index (κ1) is 16.1. The molecule has 0 radical (unpaired) electrons. The molecule has 1 saturated heterocycles. The maximum absolute atomic E-state index is 13.0. The summed E-state index contributed by atoms with van der Waals surface area (Å²) in [6.45, 7) is 3.92. The Hall–Kier alpha value is -1.10. The van der Waals surface area contributed by atoms with E-state index < -0.39 is 16.6 Å². The van der Waals surface area contributed by atoms with E-state index in [4.69, 9.17) is 9.47 Å². The van der Waals surface area contributed by atoms with E-state index >= 15 is 0 Å². The van der Waals surface area contributed by atoms with Crippen LogP contribution in [0.15, 0.2) is 0 Å². The van der Waals surface area contributed by atoms with E-state index in [1.54, 1.807) is 0 Å². The topological polar surface area (TPSA) is 72.8 Å². The van der Waals surface area contributed by atoms with Crippen LogP contribution in [0.4, 0.5) is 0 Å². The van der Waals surface area contributed by atoms with E-state index in [1.807, 2.05) is 13.8 Å². The van der Waals surface area contributed by atoms with Crippen LogP contribution in [0.25, 0.3) is 0 Å². The second-order valence-corrected chi connectivity index (χ2v) is 9.89. The minimum absolute atomic E-state index is 0.105. The van der Waals surface area contributed by atoms with E-state index in [9.17, 15) is 14.7 Å². The lowest BCUT2D eigenvalue weighted by Crippen LogP contribution is -2.47. The number of carbonyl (C=O) groups is 2. The molecule has 0 aromatic heterocycles. The van der Waals surface area contributed by atoms with E-state index in [0.717, 1.165) is 38.5 Å². The van der Waals surface area contributed by atoms with Crippen molar-refractivity contribution in [3.05, 3.63) is 0 Å². The number of fused-ring (bicyclic) bond motifs is 1. The van der Waals surface area contributed by atoms with Gasteiger partial charge in [-0.3, -0.25) is 9.59 Å². The molecular formula is C20H28O5. The molecular weight excluding hydrogens is 320 g/mol. The summed E-state index contributed by atoms with van der Waals surface area (Å²) in [4.78, 5) is 25.8. The molecule has 0 unspecified atom stereocenters. The third-order valence-corrected chi connectivity index (χ3v) is 8.91. The zero-order chi connectivity index (χ0) is 17.8. The average Bonchev–Trinajstić information content (AvgIpc) is 2.95. The Balaban J connectivity index is 1.73. The number of hydrogen-bond acceptors (Lipinski definition) is 5. The molecule has 1 heterocycles. The fourth-order valence-electron chi connectivity index (χ4n) is 8.24. The first-order chi connectivity index (χ1) is 11.7. The van der Waals surface area contributed by atoms with Crippen molar-refractivity contribution < 1.29 is 24.2 Å². The van der Waals surface area contributed by atoms with Crippen molar-refractivity contribution in [1.82, 2.24) is 0 Å². The van der Waals surface area contributed by atoms with Crippen LogP contribution < -0.4 is 0 Å². The van der Waals surface area contributed by atoms with Crippen LogP contribution in [-0.4, -0.2) is 35.4 Å². The number of rotatable bonds is 1. The molecule has 5 fully saturated rings. The number of aliphatic hydroxyl groups is 1. The van der Waals surface area contributed by atoms with E-state index in [-0.39, 0.29) is 41.0 Å². The van der Waals surface area contributed by atoms with Crippen molar-refractivity contribution in [2.24, 2.45) is 34.5 Å². The van der Waals surface area contributed by atoms with Crippen LogP contribution in [0.1, 0.15) is 58.8 Å². The van der Waals surface area contributed by atoms with Gasteiger partial charge in [0.25, 0.3) is 0 Å². The lowest BCUT2D eigenvalue weighted by atomic mass is 9.60. The van der Waals surface area contributed by atoms with E-state index in [2.05, 4.69) is 0 Å². The molecule has 1 N–H and O–H groups in total. The summed E-state index contributed by atoms with van der Waals surface area (Å²) in [6.07, 6.45) is 5.99. The Kier molecular flexibility index (Phi) is 2.84. The number of methoxy groups -OCH3 is 1. The van der Waals surface area contributed by atoms with Gasteiger partial charge in [-0.15, -0.1) is 0 Å². The standard InChI is InChI=1S/C20H28O5/c1-17-7-4-8-20(25-16(17)22)12-6-5-11-9-19(12,10-18(11,2)23)13(14(17)20)15(21)24-3/h11-14,23H,4-10H2,1-3H3/t11-,12-,13-,14-,17-,18-,19-,20-/m1/s1. The fourth-order valence-corrected chi connectivity index (χ4v) is 8.24. The van der Waals surface area contributed by atoms with Crippen LogP contribution in [0, 0.1) is 34.5 Å². The van der Waals surface area contributed by atoms with Gasteiger partial charge in [0.05, 0.1) is 24.0 Å². The second kappa shape index (κ2) is 4.41. The molecule has 8 atom stereocenters. The third kappa shape index (κ3) is 1.57. The Morgan fingerprint density at radius 2 is 2.04 bits per heavy atom. The molecule has 0 aromatic carbocycles. The fraction of sp³-hybridized carbons (Fsp3) is 0.900. The normalized spacial score (nSPS) is 58.5. The molecule has 5 aliphatic rings. The highest BCUT2D eigenvalue weighted by Gasteiger charge is 2.82. The quantitative estimate of drug-likeness (QED) is 0.737. The van der Waals surface area contributed by atoms with E-state index in [1.165, 1.54) is 7.11 Å². The third-order valence-electron chi connectivity index (χ3n) is 8.91. The Morgan fingerprint density at radius 1 is 1.28 bits per heavy atom. The number of hydrogen-bond donors (Lipinski definition) is 1. The number of ether oxygens (including phenoxy) is 2. The smallest absolute Gasteiger partial charge is 0.312 e. The molecule has 4 saturated carbocycles. The zero-order valence-electron chi connectivity index (χ0n) is 15.3. The molecule has 5 rings (SSSR count). The van der Waals surface area contributed by atoms with Gasteiger partial charge in [0.15, 0.2) is 0 Å². The van der Waals surface area contributed by atoms with Crippen molar-refractivity contribution in [3.63, 3.8) is 0 Å². The minimum Gasteiger partial charge on any atom is -0.469 e. The van der Waals surface area contributed by atoms with Crippen molar-refractivity contribution in [2.45, 2.75) is 70.0 Å². The molecule has 1 aliphatic heterocycles. The maximum Gasteiger partial charge on any atom is 0.312 e. The Labute approximate surface area is 148 Å². The summed E-state index contributed by atoms with van der Waals surface area (Å²) >= 11 is 0. The maximum atomic E-state index is 13.0. The first-order valence-electron chi connectivity index (χ1n) is 9.75. The molecule has 5 heteroatoms. The van der Waals surface area contributed by atoms with Gasteiger partial charge in [0.1, 0.15) is 5.60 Å². The van der Waals surface area contributed by atoms with Gasteiger partial charge in [-0.1, -0.05) is 0 Å². The van der Waals surface area contributed by atoms with Gasteiger partial charge in [-0.05, 0) is 70.1 Å². The van der Waals surface area contributed by atoms with Gasteiger partial charge < -0.3 is 14.6 Å². The summed E-state index contributed by atoms with van der Waals surface area (Å²) in [6, 6.07) is 0. The monoisotopic (exact) mass is 348 g/mol. The predicted octanol–water partition coefficient (Wildman–Crippen LogP) is 2.45. The molecule has 5 nitrogen and oxygen atoms in total. The number of carbonyl (C=O) groups excluding carboxylic acids is 2. The number of esters is 2. The second-order valence-electron chi connectivity index (χ2n) is 9.89. The summed E-state index contributed by atoms with van der Waals surface area (Å²) < 4.78 is 11.4. The molecule has 4 aliphatic carbocycles. The van der Waals surface area contributed by atoms with Gasteiger partial charge in [0.2, 0.25) is 0 Å². The van der Waals surface area contributed by atoms with Crippen LogP contribution in [0.3, 0.4) is 0 Å². The summed E-state index contributed by atoms with van der Waals surface area (Å²) in [5.41, 5.74) is -2.13. The van der Waals surface area contributed by atoms with Crippen LogP contribution in [-0.2, 0) is 19.1 Å². The highest BCUT2D eigenvalue weighted by atomic mass is 16.6. The van der Waals surface area contributed by atoms with Gasteiger partial charge in [-0.2, -0.15) is 0 Å². The molecule has 0 amide bonds. The van der Waals surface area contributed by atoms with Crippen LogP contribution in [0.5, 0.6) is 0 Å². The highest BCUT2D eigenvalue weighted by molar-refractivity contribution is 5.85. The van der Waals surface area contributed by atoms with Gasteiger partial charge >= 0.3 is 11.9 Å². The SMILES string of the molecule is COC(=O)[C@H]1[C@H]2[C@@]3(CCC[C@@]2(C)C(=O)O3)[C@@H]2CC[C@@H]3C[C@@]21C[C@@]3(C)O. The van der Waals surface area contributed by atoms with Crippen LogP contribution >= 0.6 is 0 Å². The van der Waals surface area contributed by atoms with Crippen molar-refractivity contribution in [3.8, 4) is 0 Å². The van der Waals surface area contributed by atoms with Gasteiger partial charge in [-0.25, -0.2) is 0 Å². The lowest BCUT2D eigenvalue weighted by Gasteiger charge is -2.43. The average molecular weight is 348 g/mol. The Bertz CT molecular complexity index is 671.